The first-order chi connectivity index (χ1) is 9.13. The van der Waals surface area contributed by atoms with Crippen LogP contribution in [0.25, 0.3) is 0 Å². The normalized spacial score (nSPS) is 18.6. The van der Waals surface area contributed by atoms with Gasteiger partial charge in [-0.3, -0.25) is 0 Å². The summed E-state index contributed by atoms with van der Waals surface area (Å²) in [5, 5.41) is 9.76. The molecule has 1 aromatic carbocycles. The second-order valence-corrected chi connectivity index (χ2v) is 4.99. The summed E-state index contributed by atoms with van der Waals surface area (Å²) in [4.78, 5) is 2.14. The van der Waals surface area contributed by atoms with E-state index < -0.39 is 6.10 Å². The van der Waals surface area contributed by atoms with Gasteiger partial charge in [-0.15, -0.1) is 0 Å². The van der Waals surface area contributed by atoms with E-state index in [1.54, 1.807) is 13.0 Å². The number of ether oxygens (including phenoxy) is 1. The van der Waals surface area contributed by atoms with Crippen LogP contribution < -0.4 is 4.90 Å². The Morgan fingerprint density at radius 2 is 2.11 bits per heavy atom. The summed E-state index contributed by atoms with van der Waals surface area (Å²) in [6, 6.07) is 4.98. The van der Waals surface area contributed by atoms with Crippen molar-refractivity contribution in [2.45, 2.75) is 38.9 Å². The Balaban J connectivity index is 2.13. The molecule has 1 saturated heterocycles. The van der Waals surface area contributed by atoms with Crippen molar-refractivity contribution < 1.29 is 14.2 Å². The molecule has 4 heteroatoms. The molecule has 1 aromatic rings. The molecule has 1 N–H and O–H groups in total. The zero-order chi connectivity index (χ0) is 13.8. The predicted molar refractivity (Wildman–Crippen MR) is 73.9 cm³/mol. The number of rotatable bonds is 4. The van der Waals surface area contributed by atoms with E-state index in [1.165, 1.54) is 6.07 Å². The molecule has 1 unspecified atom stereocenters. The van der Waals surface area contributed by atoms with Gasteiger partial charge in [-0.2, -0.15) is 0 Å². The highest BCUT2D eigenvalue weighted by Crippen LogP contribution is 2.31. The fourth-order valence-corrected chi connectivity index (χ4v) is 2.71. The molecular formula is C15H22FNO2. The van der Waals surface area contributed by atoms with Gasteiger partial charge in [-0.25, -0.2) is 4.39 Å². The van der Waals surface area contributed by atoms with Gasteiger partial charge in [0.15, 0.2) is 0 Å². The molecule has 0 bridgehead atoms. The Labute approximate surface area is 114 Å². The molecule has 0 saturated carbocycles. The van der Waals surface area contributed by atoms with Crippen LogP contribution in [0.4, 0.5) is 10.1 Å². The van der Waals surface area contributed by atoms with Gasteiger partial charge in [0.05, 0.1) is 12.2 Å². The summed E-state index contributed by atoms with van der Waals surface area (Å²) in [5.41, 5.74) is 1.21. The van der Waals surface area contributed by atoms with Crippen LogP contribution in [-0.2, 0) is 4.74 Å². The van der Waals surface area contributed by atoms with Crippen molar-refractivity contribution in [3.05, 3.63) is 29.6 Å². The predicted octanol–water partition coefficient (Wildman–Crippen LogP) is 2.88. The van der Waals surface area contributed by atoms with Gasteiger partial charge in [0, 0.05) is 30.9 Å². The smallest absolute Gasteiger partial charge is 0.131 e. The number of halogens is 1. The second-order valence-electron chi connectivity index (χ2n) is 4.99. The molecule has 1 fully saturated rings. The largest absolute Gasteiger partial charge is 0.389 e. The zero-order valence-corrected chi connectivity index (χ0v) is 11.6. The van der Waals surface area contributed by atoms with Crippen LogP contribution >= 0.6 is 0 Å². The molecule has 0 amide bonds. The molecule has 0 aromatic heterocycles. The van der Waals surface area contributed by atoms with Crippen LogP contribution in [0.1, 0.15) is 38.4 Å². The van der Waals surface area contributed by atoms with Crippen molar-refractivity contribution in [3.63, 3.8) is 0 Å². The zero-order valence-electron chi connectivity index (χ0n) is 11.6. The van der Waals surface area contributed by atoms with Gasteiger partial charge < -0.3 is 14.7 Å². The number of nitrogens with zero attached hydrogens (tertiary/aromatic N) is 1. The van der Waals surface area contributed by atoms with Crippen LogP contribution in [0.5, 0.6) is 0 Å². The first-order valence-electron chi connectivity index (χ1n) is 6.96. The molecule has 0 radical (unpaired) electrons. The lowest BCUT2D eigenvalue weighted by Crippen LogP contribution is -2.37. The topological polar surface area (TPSA) is 32.7 Å². The number of hydrogen-bond donors (Lipinski definition) is 1. The van der Waals surface area contributed by atoms with Gasteiger partial charge in [0.25, 0.3) is 0 Å². The Bertz CT molecular complexity index is 415. The molecule has 0 aliphatic carbocycles. The van der Waals surface area contributed by atoms with Gasteiger partial charge in [-0.1, -0.05) is 6.07 Å². The third kappa shape index (κ3) is 3.25. The minimum atomic E-state index is -0.791. The SMILES string of the molecule is CCOC1CCN(c2cccc(F)c2C(C)O)CC1. The Morgan fingerprint density at radius 1 is 1.42 bits per heavy atom. The maximum Gasteiger partial charge on any atom is 0.131 e. The summed E-state index contributed by atoms with van der Waals surface area (Å²) in [5.74, 6) is -0.334. The molecule has 106 valence electrons. The first kappa shape index (κ1) is 14.3. The van der Waals surface area contributed by atoms with Gasteiger partial charge in [-0.05, 0) is 38.8 Å². The summed E-state index contributed by atoms with van der Waals surface area (Å²) in [6.45, 7) is 6.03. The fraction of sp³-hybridized carbons (Fsp3) is 0.600. The Morgan fingerprint density at radius 3 is 2.68 bits per heavy atom. The van der Waals surface area contributed by atoms with E-state index >= 15 is 0 Å². The third-order valence-corrected chi connectivity index (χ3v) is 3.63. The Hall–Kier alpha value is -1.13. The molecule has 1 aliphatic rings. The van der Waals surface area contributed by atoms with Crippen LogP contribution in [0, 0.1) is 5.82 Å². The molecule has 1 aliphatic heterocycles. The number of benzene rings is 1. The van der Waals surface area contributed by atoms with Gasteiger partial charge in [0.2, 0.25) is 0 Å². The van der Waals surface area contributed by atoms with E-state index in [0.29, 0.717) is 11.7 Å². The highest BCUT2D eigenvalue weighted by molar-refractivity contribution is 5.55. The maximum atomic E-state index is 13.8. The van der Waals surface area contributed by atoms with Crippen molar-refractivity contribution in [1.29, 1.82) is 0 Å². The first-order valence-corrected chi connectivity index (χ1v) is 6.96. The average Bonchev–Trinajstić information content (AvgIpc) is 2.39. The number of aliphatic hydroxyl groups excluding tert-OH is 1. The number of piperidine rings is 1. The molecule has 3 nitrogen and oxygen atoms in total. The van der Waals surface area contributed by atoms with E-state index in [9.17, 15) is 9.50 Å². The van der Waals surface area contributed by atoms with Crippen LogP contribution in [-0.4, -0.2) is 30.9 Å². The quantitative estimate of drug-likeness (QED) is 0.910. The van der Waals surface area contributed by atoms with E-state index in [4.69, 9.17) is 4.74 Å². The lowest BCUT2D eigenvalue weighted by Gasteiger charge is -2.35. The highest BCUT2D eigenvalue weighted by atomic mass is 19.1. The number of hydrogen-bond acceptors (Lipinski definition) is 3. The van der Waals surface area contributed by atoms with Crippen molar-refractivity contribution in [1.82, 2.24) is 0 Å². The molecular weight excluding hydrogens is 245 g/mol. The second kappa shape index (κ2) is 6.35. The van der Waals surface area contributed by atoms with Crippen molar-refractivity contribution in [3.8, 4) is 0 Å². The van der Waals surface area contributed by atoms with Crippen LogP contribution in [0.3, 0.4) is 0 Å². The van der Waals surface area contributed by atoms with E-state index in [-0.39, 0.29) is 5.82 Å². The highest BCUT2D eigenvalue weighted by Gasteiger charge is 2.23. The van der Waals surface area contributed by atoms with Crippen LogP contribution in [0.2, 0.25) is 0 Å². The minimum absolute atomic E-state index is 0.310. The Kier molecular flexibility index (Phi) is 4.77. The molecule has 1 heterocycles. The molecule has 0 spiro atoms. The lowest BCUT2D eigenvalue weighted by atomic mass is 10.0. The van der Waals surface area contributed by atoms with Crippen molar-refractivity contribution >= 4 is 5.69 Å². The molecule has 2 rings (SSSR count). The van der Waals surface area contributed by atoms with Crippen LogP contribution in [0.15, 0.2) is 18.2 Å². The lowest BCUT2D eigenvalue weighted by molar-refractivity contribution is 0.0458. The van der Waals surface area contributed by atoms with E-state index in [2.05, 4.69) is 4.90 Å². The number of aliphatic hydroxyl groups is 1. The number of anilines is 1. The molecule has 1 atom stereocenters. The maximum absolute atomic E-state index is 13.8. The fourth-order valence-electron chi connectivity index (χ4n) is 2.71. The standard InChI is InChI=1S/C15H22FNO2/c1-3-19-12-7-9-17(10-8-12)14-6-4-5-13(16)15(14)11(2)18/h4-6,11-12,18H,3,7-10H2,1-2H3. The summed E-state index contributed by atoms with van der Waals surface area (Å²) >= 11 is 0. The minimum Gasteiger partial charge on any atom is -0.389 e. The van der Waals surface area contributed by atoms with E-state index in [1.807, 2.05) is 13.0 Å². The van der Waals surface area contributed by atoms with Crippen molar-refractivity contribution in [2.75, 3.05) is 24.6 Å². The summed E-state index contributed by atoms with van der Waals surface area (Å²) in [7, 11) is 0. The average molecular weight is 267 g/mol. The third-order valence-electron chi connectivity index (χ3n) is 3.63. The summed E-state index contributed by atoms with van der Waals surface area (Å²) < 4.78 is 19.5. The van der Waals surface area contributed by atoms with Gasteiger partial charge in [0.1, 0.15) is 5.82 Å². The van der Waals surface area contributed by atoms with Gasteiger partial charge >= 0.3 is 0 Å². The van der Waals surface area contributed by atoms with E-state index in [0.717, 1.165) is 38.2 Å². The molecule has 19 heavy (non-hydrogen) atoms. The monoisotopic (exact) mass is 267 g/mol. The summed E-state index contributed by atoms with van der Waals surface area (Å²) in [6.07, 6.45) is 1.42. The van der Waals surface area contributed by atoms with Crippen molar-refractivity contribution in [2.24, 2.45) is 0 Å².